The number of hydrogen-bond acceptors (Lipinski definition) is 0. The molecule has 0 amide bonds. The topological polar surface area (TPSA) is 0 Å². The SMILES string of the molecule is CCCc1c(C)c(C)c(C)[c-]1C.CCCc1cc2ccccc2[cH-]1.[F-].[F-].[Zr+4]. The maximum absolute atomic E-state index is 2.29. The van der Waals surface area contributed by atoms with E-state index in [4.69, 9.17) is 0 Å². The van der Waals surface area contributed by atoms with Gasteiger partial charge in [-0.1, -0.05) is 66.9 Å². The standard InChI is InChI=1S/C12H13.C12H19.2FH.Zr/c1-2-5-10-8-11-6-3-4-7-12(11)9-10;1-6-7-12-10(4)8(2)9(3)11(12)5;;;/h3-4,6-9H,2,5H2,1H3;6-7H2,1-5H3;2*1H;/q2*-1;;;+4/p-2. The summed E-state index contributed by atoms with van der Waals surface area (Å²) in [6.45, 7) is 13.4. The van der Waals surface area contributed by atoms with Gasteiger partial charge in [0.25, 0.3) is 0 Å². The van der Waals surface area contributed by atoms with E-state index in [1.807, 2.05) is 0 Å². The molecule has 0 bridgehead atoms. The molecule has 3 heteroatoms. The first-order valence-electron chi connectivity index (χ1n) is 9.35. The zero-order valence-corrected chi connectivity index (χ0v) is 20.0. The van der Waals surface area contributed by atoms with E-state index in [9.17, 15) is 0 Å². The molecule has 3 aromatic carbocycles. The summed E-state index contributed by atoms with van der Waals surface area (Å²) in [5.41, 5.74) is 9.09. The largest absolute Gasteiger partial charge is 4.00 e. The van der Waals surface area contributed by atoms with Crippen molar-refractivity contribution in [1.29, 1.82) is 0 Å². The number of halogens is 2. The Hall–Kier alpha value is -1.08. The summed E-state index contributed by atoms with van der Waals surface area (Å²) in [6.07, 6.45) is 4.93. The molecule has 0 heterocycles. The molecule has 0 aliphatic heterocycles. The molecule has 0 N–H and O–H groups in total. The molecule has 3 rings (SSSR count). The Labute approximate surface area is 183 Å². The van der Waals surface area contributed by atoms with Gasteiger partial charge in [-0.25, -0.2) is 0 Å². The predicted octanol–water partition coefficient (Wildman–Crippen LogP) is 1.11. The summed E-state index contributed by atoms with van der Waals surface area (Å²) in [5, 5.41) is 2.75. The van der Waals surface area contributed by atoms with Gasteiger partial charge >= 0.3 is 26.2 Å². The summed E-state index contributed by atoms with van der Waals surface area (Å²) in [5.74, 6) is 0. The van der Waals surface area contributed by atoms with Gasteiger partial charge in [-0.2, -0.15) is 33.9 Å². The van der Waals surface area contributed by atoms with E-state index >= 15 is 0 Å². The van der Waals surface area contributed by atoms with E-state index in [0.29, 0.717) is 0 Å². The van der Waals surface area contributed by atoms with Crippen molar-refractivity contribution in [3.63, 3.8) is 0 Å². The number of aryl methyl sites for hydroxylation is 1. The Morgan fingerprint density at radius 2 is 1.48 bits per heavy atom. The average Bonchev–Trinajstić information content (AvgIpc) is 3.07. The second-order valence-electron chi connectivity index (χ2n) is 6.97. The molecule has 0 saturated carbocycles. The van der Waals surface area contributed by atoms with Crippen molar-refractivity contribution in [2.24, 2.45) is 0 Å². The first-order chi connectivity index (χ1) is 11.5. The van der Waals surface area contributed by atoms with Gasteiger partial charge in [0.2, 0.25) is 0 Å². The number of rotatable bonds is 4. The minimum atomic E-state index is 0. The summed E-state index contributed by atoms with van der Waals surface area (Å²) in [7, 11) is 0. The van der Waals surface area contributed by atoms with Crippen LogP contribution in [0, 0.1) is 27.7 Å². The number of benzene rings is 1. The van der Waals surface area contributed by atoms with Crippen molar-refractivity contribution in [2.45, 2.75) is 67.2 Å². The van der Waals surface area contributed by atoms with Crippen LogP contribution in [0.2, 0.25) is 0 Å². The van der Waals surface area contributed by atoms with Crippen LogP contribution in [0.25, 0.3) is 10.8 Å². The number of hydrogen-bond donors (Lipinski definition) is 0. The smallest absolute Gasteiger partial charge is 1.00 e. The molecule has 0 saturated heterocycles. The Balaban J connectivity index is 0. The van der Waals surface area contributed by atoms with E-state index in [-0.39, 0.29) is 35.6 Å². The van der Waals surface area contributed by atoms with Gasteiger partial charge in [-0.05, 0) is 6.42 Å². The third-order valence-corrected chi connectivity index (χ3v) is 5.31. The van der Waals surface area contributed by atoms with Crippen molar-refractivity contribution < 1.29 is 35.6 Å². The quantitative estimate of drug-likeness (QED) is 0.524. The zero-order valence-electron chi connectivity index (χ0n) is 17.5. The van der Waals surface area contributed by atoms with Gasteiger partial charge in [-0.15, -0.1) is 40.6 Å². The Kier molecular flexibility index (Phi) is 13.7. The third-order valence-electron chi connectivity index (χ3n) is 5.31. The normalized spacial score (nSPS) is 9.56. The molecule has 0 aliphatic rings. The molecule has 0 radical (unpaired) electrons. The second kappa shape index (κ2) is 13.2. The van der Waals surface area contributed by atoms with Crippen molar-refractivity contribution in [3.05, 3.63) is 69.8 Å². The van der Waals surface area contributed by atoms with Crippen molar-refractivity contribution in [1.82, 2.24) is 0 Å². The Bertz CT molecular complexity index is 738. The molecule has 0 fully saturated rings. The molecular weight excluding hydrogens is 417 g/mol. The first kappa shape index (κ1) is 28.1. The molecule has 3 aromatic rings. The second-order valence-corrected chi connectivity index (χ2v) is 6.97. The molecule has 0 spiro atoms. The summed E-state index contributed by atoms with van der Waals surface area (Å²) in [6, 6.07) is 13.1. The van der Waals surface area contributed by atoms with Crippen LogP contribution in [0.15, 0.2) is 36.4 Å². The van der Waals surface area contributed by atoms with Gasteiger partial charge in [0.15, 0.2) is 0 Å². The van der Waals surface area contributed by atoms with Crippen LogP contribution in [-0.2, 0) is 39.0 Å². The fraction of sp³-hybridized carbons (Fsp3) is 0.417. The van der Waals surface area contributed by atoms with Gasteiger partial charge in [0.1, 0.15) is 0 Å². The molecule has 0 nitrogen and oxygen atoms in total. The molecule has 0 atom stereocenters. The molecule has 0 unspecified atom stereocenters. The number of fused-ring (bicyclic) bond motifs is 1. The molecule has 27 heavy (non-hydrogen) atoms. The van der Waals surface area contributed by atoms with Crippen LogP contribution in [0.1, 0.15) is 60.1 Å². The summed E-state index contributed by atoms with van der Waals surface area (Å²) < 4.78 is 0. The summed E-state index contributed by atoms with van der Waals surface area (Å²) in [4.78, 5) is 0. The minimum absolute atomic E-state index is 0. The first-order valence-corrected chi connectivity index (χ1v) is 9.35. The van der Waals surface area contributed by atoms with Crippen LogP contribution in [0.5, 0.6) is 0 Å². The molecule has 146 valence electrons. The van der Waals surface area contributed by atoms with Crippen molar-refractivity contribution in [3.8, 4) is 0 Å². The van der Waals surface area contributed by atoms with Crippen LogP contribution in [0.3, 0.4) is 0 Å². The molecular formula is C24H32F2Zr. The van der Waals surface area contributed by atoms with Gasteiger partial charge in [-0.3, -0.25) is 0 Å². The molecule has 0 aromatic heterocycles. The molecule has 0 aliphatic carbocycles. The minimum Gasteiger partial charge on any atom is -1.00 e. The fourth-order valence-corrected chi connectivity index (χ4v) is 3.57. The average molecular weight is 450 g/mol. The van der Waals surface area contributed by atoms with Gasteiger partial charge in [0, 0.05) is 0 Å². The van der Waals surface area contributed by atoms with Crippen LogP contribution >= 0.6 is 0 Å². The van der Waals surface area contributed by atoms with E-state index in [2.05, 4.69) is 77.9 Å². The Morgan fingerprint density at radius 3 is 1.96 bits per heavy atom. The van der Waals surface area contributed by atoms with E-state index < -0.39 is 0 Å². The fourth-order valence-electron chi connectivity index (χ4n) is 3.57. The maximum Gasteiger partial charge on any atom is 4.00 e. The monoisotopic (exact) mass is 448 g/mol. The maximum atomic E-state index is 2.29. The third kappa shape index (κ3) is 6.79. The van der Waals surface area contributed by atoms with Gasteiger partial charge in [0.05, 0.1) is 0 Å². The van der Waals surface area contributed by atoms with E-state index in [1.165, 1.54) is 64.3 Å². The predicted molar refractivity (Wildman–Crippen MR) is 109 cm³/mol. The van der Waals surface area contributed by atoms with Crippen molar-refractivity contribution in [2.75, 3.05) is 0 Å². The van der Waals surface area contributed by atoms with Crippen LogP contribution in [-0.4, -0.2) is 0 Å². The van der Waals surface area contributed by atoms with Crippen LogP contribution < -0.4 is 9.41 Å². The van der Waals surface area contributed by atoms with Crippen LogP contribution in [0.4, 0.5) is 0 Å². The van der Waals surface area contributed by atoms with E-state index in [0.717, 1.165) is 0 Å². The summed E-state index contributed by atoms with van der Waals surface area (Å²) >= 11 is 0. The van der Waals surface area contributed by atoms with E-state index in [1.54, 1.807) is 5.56 Å². The van der Waals surface area contributed by atoms with Crippen molar-refractivity contribution >= 4 is 10.8 Å². The zero-order chi connectivity index (χ0) is 17.7. The Morgan fingerprint density at radius 1 is 0.889 bits per heavy atom. The van der Waals surface area contributed by atoms with Gasteiger partial charge < -0.3 is 9.41 Å².